The topological polar surface area (TPSA) is 137 Å². The molecular weight excluding hydrogens is 516 g/mol. The van der Waals surface area contributed by atoms with E-state index >= 15 is 0 Å². The number of carbonyl (C=O) groups excluding carboxylic acids is 1. The van der Waals surface area contributed by atoms with E-state index in [9.17, 15) is 18.3 Å². The van der Waals surface area contributed by atoms with E-state index in [1.165, 1.54) is 29.2 Å². The van der Waals surface area contributed by atoms with E-state index in [1.807, 2.05) is 36.4 Å². The Bertz CT molecular complexity index is 1670. The number of nitrogens with zero attached hydrogens (tertiary/aromatic N) is 5. The van der Waals surface area contributed by atoms with Crippen LogP contribution in [0.3, 0.4) is 0 Å². The molecule has 0 aliphatic carbocycles. The van der Waals surface area contributed by atoms with Crippen molar-refractivity contribution in [2.45, 2.75) is 24.8 Å². The molecule has 39 heavy (non-hydrogen) atoms. The van der Waals surface area contributed by atoms with Crippen LogP contribution in [0.5, 0.6) is 0 Å². The lowest BCUT2D eigenvalue weighted by Crippen LogP contribution is -2.30. The van der Waals surface area contributed by atoms with Crippen LogP contribution in [-0.2, 0) is 14.8 Å². The molecule has 2 N–H and O–H groups in total. The van der Waals surface area contributed by atoms with Crippen molar-refractivity contribution in [3.8, 4) is 0 Å². The fourth-order valence-electron chi connectivity index (χ4n) is 4.23. The third kappa shape index (κ3) is 5.39. The average molecular weight is 541 g/mol. The van der Waals surface area contributed by atoms with Crippen LogP contribution in [0.25, 0.3) is 0 Å². The standard InChI is InChI=1S/C28H24N6O4S/c1-18-17-19(2)30-28(29-18)33-39(37,38)23-15-13-21(14-16-23)31-32-24-26(35)25(20-9-5-3-6-10-20)34(27(24)36)22-11-7-4-8-12-22/h3-17,25,35H,1-2H3,(H,29,30,33). The first-order valence-electron chi connectivity index (χ1n) is 12.0. The second kappa shape index (κ2) is 10.5. The van der Waals surface area contributed by atoms with Crippen molar-refractivity contribution < 1.29 is 18.3 Å². The van der Waals surface area contributed by atoms with Gasteiger partial charge in [-0.25, -0.2) is 23.1 Å². The monoisotopic (exact) mass is 540 g/mol. The minimum absolute atomic E-state index is 0.0191. The molecule has 2 heterocycles. The molecular formula is C28H24N6O4S. The number of azo groups is 1. The predicted molar refractivity (Wildman–Crippen MR) is 146 cm³/mol. The molecule has 1 aromatic heterocycles. The lowest BCUT2D eigenvalue weighted by atomic mass is 10.0. The molecule has 0 spiro atoms. The number of aliphatic hydroxyl groups excluding tert-OH is 1. The highest BCUT2D eigenvalue weighted by molar-refractivity contribution is 7.92. The first-order valence-corrected chi connectivity index (χ1v) is 13.4. The number of aliphatic hydroxyl groups is 1. The van der Waals surface area contributed by atoms with Crippen molar-refractivity contribution in [2.75, 3.05) is 9.62 Å². The second-order valence-electron chi connectivity index (χ2n) is 8.83. The first-order chi connectivity index (χ1) is 18.7. The maximum atomic E-state index is 13.4. The van der Waals surface area contributed by atoms with Gasteiger partial charge in [0, 0.05) is 17.1 Å². The van der Waals surface area contributed by atoms with Crippen LogP contribution < -0.4 is 9.62 Å². The summed E-state index contributed by atoms with van der Waals surface area (Å²) in [5, 5.41) is 19.2. The Morgan fingerprint density at radius 3 is 2.05 bits per heavy atom. The van der Waals surface area contributed by atoms with Crippen molar-refractivity contribution in [3.05, 3.63) is 119 Å². The number of sulfonamides is 1. The van der Waals surface area contributed by atoms with Crippen LogP contribution in [-0.4, -0.2) is 29.4 Å². The SMILES string of the molecule is Cc1cc(C)nc(NS(=O)(=O)c2ccc(N=NC3=C(O)C(c4ccccc4)N(c4ccccc4)C3=O)cc2)n1. The van der Waals surface area contributed by atoms with Gasteiger partial charge in [0.25, 0.3) is 15.9 Å². The number of amides is 1. The lowest BCUT2D eigenvalue weighted by molar-refractivity contribution is -0.114. The smallest absolute Gasteiger partial charge is 0.283 e. The summed E-state index contributed by atoms with van der Waals surface area (Å²) in [7, 11) is -3.94. The zero-order valence-electron chi connectivity index (χ0n) is 21.1. The van der Waals surface area contributed by atoms with Gasteiger partial charge >= 0.3 is 0 Å². The molecule has 0 radical (unpaired) electrons. The Morgan fingerprint density at radius 1 is 0.846 bits per heavy atom. The van der Waals surface area contributed by atoms with Crippen molar-refractivity contribution >= 4 is 33.3 Å². The molecule has 196 valence electrons. The van der Waals surface area contributed by atoms with Gasteiger partial charge in [-0.05, 0) is 61.9 Å². The number of hydrogen-bond acceptors (Lipinski definition) is 8. The molecule has 3 aromatic carbocycles. The van der Waals surface area contributed by atoms with Gasteiger partial charge < -0.3 is 5.11 Å². The van der Waals surface area contributed by atoms with Crippen LogP contribution >= 0.6 is 0 Å². The molecule has 1 unspecified atom stereocenters. The van der Waals surface area contributed by atoms with Crippen molar-refractivity contribution in [1.29, 1.82) is 0 Å². The van der Waals surface area contributed by atoms with E-state index in [4.69, 9.17) is 0 Å². The summed E-state index contributed by atoms with van der Waals surface area (Å²) < 4.78 is 28.0. The van der Waals surface area contributed by atoms with Crippen molar-refractivity contribution in [1.82, 2.24) is 9.97 Å². The van der Waals surface area contributed by atoms with Gasteiger partial charge in [0.05, 0.1) is 10.6 Å². The van der Waals surface area contributed by atoms with E-state index in [1.54, 1.807) is 44.2 Å². The molecule has 5 rings (SSSR count). The van der Waals surface area contributed by atoms with E-state index in [0.29, 0.717) is 28.3 Å². The van der Waals surface area contributed by atoms with E-state index in [2.05, 4.69) is 24.9 Å². The van der Waals surface area contributed by atoms with Crippen molar-refractivity contribution in [3.63, 3.8) is 0 Å². The Kier molecular flexibility index (Phi) is 6.90. The average Bonchev–Trinajstić information content (AvgIpc) is 3.17. The number of anilines is 2. The number of aromatic nitrogens is 2. The van der Waals surface area contributed by atoms with Gasteiger partial charge in [-0.3, -0.25) is 9.69 Å². The summed E-state index contributed by atoms with van der Waals surface area (Å²) in [6, 6.07) is 24.7. The van der Waals surface area contributed by atoms with Crippen LogP contribution in [0.1, 0.15) is 23.0 Å². The first kappa shape index (κ1) is 25.7. The molecule has 0 fully saturated rings. The molecule has 10 nitrogen and oxygen atoms in total. The number of benzene rings is 3. The number of rotatable bonds is 7. The third-order valence-electron chi connectivity index (χ3n) is 5.95. The third-order valence-corrected chi connectivity index (χ3v) is 7.30. The highest BCUT2D eigenvalue weighted by Gasteiger charge is 2.42. The molecule has 0 bridgehead atoms. The van der Waals surface area contributed by atoms with Crippen LogP contribution in [0, 0.1) is 13.8 Å². The second-order valence-corrected chi connectivity index (χ2v) is 10.5. The minimum atomic E-state index is -3.94. The van der Waals surface area contributed by atoms with Crippen molar-refractivity contribution in [2.24, 2.45) is 10.2 Å². The Balaban J connectivity index is 1.40. The number of aryl methyl sites for hydroxylation is 2. The number of carbonyl (C=O) groups is 1. The van der Waals surface area contributed by atoms with Gasteiger partial charge in [-0.2, -0.15) is 5.11 Å². The molecule has 1 aliphatic heterocycles. The van der Waals surface area contributed by atoms with Crippen LogP contribution in [0.4, 0.5) is 17.3 Å². The lowest BCUT2D eigenvalue weighted by Gasteiger charge is -2.25. The maximum Gasteiger partial charge on any atom is 0.283 e. The largest absolute Gasteiger partial charge is 0.507 e. The Hall–Kier alpha value is -4.90. The van der Waals surface area contributed by atoms with Gasteiger partial charge in [0.1, 0.15) is 6.04 Å². The van der Waals surface area contributed by atoms with E-state index < -0.39 is 22.0 Å². The number of para-hydroxylation sites is 1. The van der Waals surface area contributed by atoms with E-state index in [-0.39, 0.29) is 22.3 Å². The fraction of sp³-hybridized carbons (Fsp3) is 0.107. The molecule has 1 aliphatic rings. The quantitative estimate of drug-likeness (QED) is 0.296. The van der Waals surface area contributed by atoms with Gasteiger partial charge in [0.2, 0.25) is 5.95 Å². The van der Waals surface area contributed by atoms with Gasteiger partial charge in [-0.1, -0.05) is 48.5 Å². The Morgan fingerprint density at radius 2 is 1.44 bits per heavy atom. The number of hydrogen-bond donors (Lipinski definition) is 2. The summed E-state index contributed by atoms with van der Waals surface area (Å²) in [6.45, 7) is 3.49. The molecule has 11 heteroatoms. The highest BCUT2D eigenvalue weighted by Crippen LogP contribution is 2.40. The fourth-order valence-corrected chi connectivity index (χ4v) is 5.18. The summed E-state index contributed by atoms with van der Waals surface area (Å²) in [4.78, 5) is 23.0. The Labute approximate surface area is 225 Å². The summed E-state index contributed by atoms with van der Waals surface area (Å²) >= 11 is 0. The summed E-state index contributed by atoms with van der Waals surface area (Å²) in [5.74, 6) is -0.752. The zero-order valence-corrected chi connectivity index (χ0v) is 21.9. The van der Waals surface area contributed by atoms with E-state index in [0.717, 1.165) is 0 Å². The highest BCUT2D eigenvalue weighted by atomic mass is 32.2. The normalized spacial score (nSPS) is 15.8. The maximum absolute atomic E-state index is 13.4. The summed E-state index contributed by atoms with van der Waals surface area (Å²) in [6.07, 6.45) is 0. The molecule has 0 saturated carbocycles. The van der Waals surface area contributed by atoms with Crippen LogP contribution in [0.2, 0.25) is 0 Å². The molecule has 0 saturated heterocycles. The number of nitrogens with one attached hydrogen (secondary N) is 1. The molecule has 4 aromatic rings. The summed E-state index contributed by atoms with van der Waals surface area (Å²) in [5.41, 5.74) is 2.68. The predicted octanol–water partition coefficient (Wildman–Crippen LogP) is 5.54. The zero-order chi connectivity index (χ0) is 27.6. The van der Waals surface area contributed by atoms with Gasteiger partial charge in [0.15, 0.2) is 11.5 Å². The van der Waals surface area contributed by atoms with Crippen LogP contribution in [0.15, 0.2) is 118 Å². The van der Waals surface area contributed by atoms with Gasteiger partial charge in [-0.15, -0.1) is 5.11 Å². The molecule has 1 amide bonds. The molecule has 1 atom stereocenters. The minimum Gasteiger partial charge on any atom is -0.507 e.